The second-order valence-corrected chi connectivity index (χ2v) is 6.58. The van der Waals surface area contributed by atoms with Crippen LogP contribution < -0.4 is 5.56 Å². The lowest BCUT2D eigenvalue weighted by atomic mass is 9.90. The first-order chi connectivity index (χ1) is 9.38. The summed E-state index contributed by atoms with van der Waals surface area (Å²) in [5, 5.41) is 6.50. The van der Waals surface area contributed by atoms with Crippen molar-refractivity contribution >= 4 is 12.2 Å². The van der Waals surface area contributed by atoms with Gasteiger partial charge in [0.05, 0.1) is 0 Å². The Morgan fingerprint density at radius 2 is 2.10 bits per heavy atom. The molecule has 5 nitrogen and oxygen atoms in total. The lowest BCUT2D eigenvalue weighted by Gasteiger charge is -2.24. The first-order valence-electron chi connectivity index (χ1n) is 6.70. The Morgan fingerprint density at radius 3 is 2.60 bits per heavy atom. The predicted molar refractivity (Wildman–Crippen MR) is 78.4 cm³/mol. The largest absolute Gasteiger partial charge is 0.409 e. The van der Waals surface area contributed by atoms with Crippen LogP contribution in [0.2, 0.25) is 0 Å². The molecule has 2 aromatic heterocycles. The molecule has 0 radical (unpaired) electrons. The molecular formula is C14H17N3O2S. The first-order valence-corrected chi connectivity index (χ1v) is 7.10. The van der Waals surface area contributed by atoms with E-state index in [1.54, 1.807) is 6.07 Å². The number of nitrogens with zero attached hydrogens (tertiary/aromatic N) is 2. The van der Waals surface area contributed by atoms with Gasteiger partial charge in [0.2, 0.25) is 0 Å². The highest BCUT2D eigenvalue weighted by Gasteiger charge is 2.31. The van der Waals surface area contributed by atoms with Crippen LogP contribution in [0.4, 0.5) is 0 Å². The van der Waals surface area contributed by atoms with Gasteiger partial charge in [-0.25, -0.2) is 5.10 Å². The molecular weight excluding hydrogens is 274 g/mol. The molecule has 1 saturated carbocycles. The van der Waals surface area contributed by atoms with Gasteiger partial charge >= 0.3 is 0 Å². The summed E-state index contributed by atoms with van der Waals surface area (Å²) in [5.41, 5.74) is 1.37. The fourth-order valence-corrected chi connectivity index (χ4v) is 2.49. The molecule has 3 rings (SSSR count). The molecule has 0 aromatic carbocycles. The van der Waals surface area contributed by atoms with E-state index >= 15 is 0 Å². The maximum atomic E-state index is 12.7. The molecule has 1 aliphatic carbocycles. The Kier molecular flexibility index (Phi) is 2.93. The molecule has 2 heterocycles. The van der Waals surface area contributed by atoms with Crippen LogP contribution in [-0.2, 0) is 5.41 Å². The highest BCUT2D eigenvalue weighted by molar-refractivity contribution is 7.71. The third-order valence-electron chi connectivity index (χ3n) is 3.47. The van der Waals surface area contributed by atoms with Crippen molar-refractivity contribution in [3.63, 3.8) is 0 Å². The van der Waals surface area contributed by atoms with E-state index in [1.807, 2.05) is 10.6 Å². The minimum absolute atomic E-state index is 0.0508. The quantitative estimate of drug-likeness (QED) is 0.863. The third-order valence-corrected chi connectivity index (χ3v) is 3.64. The van der Waals surface area contributed by atoms with Crippen LogP contribution in [0.15, 0.2) is 21.3 Å². The standard InChI is InChI=1S/C14H17N3O2S/c1-14(2,3)10-7-6-9(11-15-16-13(20)19-11)12(18)17(10)8-4-5-8/h6-8H,4-5H2,1-3H3,(H,16,20). The van der Waals surface area contributed by atoms with Crippen molar-refractivity contribution in [2.75, 3.05) is 0 Å². The molecule has 0 amide bonds. The Balaban J connectivity index is 2.23. The van der Waals surface area contributed by atoms with E-state index in [2.05, 4.69) is 31.0 Å². The SMILES string of the molecule is CC(C)(C)c1ccc(-c2n[nH]c(=S)o2)c(=O)n1C1CC1. The molecule has 106 valence electrons. The zero-order valence-electron chi connectivity index (χ0n) is 11.8. The van der Waals surface area contributed by atoms with Crippen LogP contribution in [0.3, 0.4) is 0 Å². The Hall–Kier alpha value is -1.69. The van der Waals surface area contributed by atoms with Crippen LogP contribution in [0.5, 0.6) is 0 Å². The highest BCUT2D eigenvalue weighted by Crippen LogP contribution is 2.37. The molecule has 0 aliphatic heterocycles. The number of hydrogen-bond donors (Lipinski definition) is 1. The van der Waals surface area contributed by atoms with Crippen LogP contribution in [0, 0.1) is 4.84 Å². The van der Waals surface area contributed by atoms with Crippen molar-refractivity contribution in [2.24, 2.45) is 0 Å². The zero-order valence-corrected chi connectivity index (χ0v) is 12.6. The number of H-pyrrole nitrogens is 1. The highest BCUT2D eigenvalue weighted by atomic mass is 32.1. The molecule has 0 atom stereocenters. The monoisotopic (exact) mass is 291 g/mol. The Bertz CT molecular complexity index is 760. The normalized spacial score (nSPS) is 15.6. The molecule has 2 aromatic rings. The summed E-state index contributed by atoms with van der Waals surface area (Å²) >= 11 is 4.86. The number of pyridine rings is 1. The fraction of sp³-hybridized carbons (Fsp3) is 0.500. The average molecular weight is 291 g/mol. The van der Waals surface area contributed by atoms with Crippen LogP contribution >= 0.6 is 12.2 Å². The van der Waals surface area contributed by atoms with Crippen molar-refractivity contribution < 1.29 is 4.42 Å². The molecule has 0 bridgehead atoms. The molecule has 0 saturated heterocycles. The second-order valence-electron chi connectivity index (χ2n) is 6.21. The Labute approximate surface area is 121 Å². The van der Waals surface area contributed by atoms with Crippen molar-refractivity contribution in [1.29, 1.82) is 0 Å². The van der Waals surface area contributed by atoms with Crippen molar-refractivity contribution in [2.45, 2.75) is 45.1 Å². The first kappa shape index (κ1) is 13.3. The summed E-state index contributed by atoms with van der Waals surface area (Å²) in [6.07, 6.45) is 2.10. The summed E-state index contributed by atoms with van der Waals surface area (Å²) in [6, 6.07) is 4.07. The molecule has 1 aliphatic rings. The van der Waals surface area contributed by atoms with E-state index in [4.69, 9.17) is 16.6 Å². The number of nitrogens with one attached hydrogen (secondary N) is 1. The van der Waals surface area contributed by atoms with Gasteiger partial charge in [-0.2, -0.15) is 0 Å². The molecule has 1 fully saturated rings. The minimum Gasteiger partial charge on any atom is -0.409 e. The van der Waals surface area contributed by atoms with E-state index < -0.39 is 0 Å². The average Bonchev–Trinajstić information content (AvgIpc) is 3.10. The topological polar surface area (TPSA) is 63.8 Å². The lowest BCUT2D eigenvalue weighted by molar-refractivity contribution is 0.503. The summed E-state index contributed by atoms with van der Waals surface area (Å²) in [7, 11) is 0. The van der Waals surface area contributed by atoms with Crippen LogP contribution in [0.1, 0.15) is 45.3 Å². The van der Waals surface area contributed by atoms with Gasteiger partial charge in [-0.15, -0.1) is 5.10 Å². The van der Waals surface area contributed by atoms with Gasteiger partial charge in [-0.1, -0.05) is 20.8 Å². The summed E-state index contributed by atoms with van der Waals surface area (Å²) < 4.78 is 7.16. The zero-order chi connectivity index (χ0) is 14.5. The number of aromatic nitrogens is 3. The van der Waals surface area contributed by atoms with E-state index in [9.17, 15) is 4.79 Å². The van der Waals surface area contributed by atoms with Gasteiger partial charge in [0, 0.05) is 17.2 Å². The van der Waals surface area contributed by atoms with Gasteiger partial charge in [0.15, 0.2) is 0 Å². The molecule has 6 heteroatoms. The van der Waals surface area contributed by atoms with E-state index in [0.717, 1.165) is 18.5 Å². The van der Waals surface area contributed by atoms with Crippen LogP contribution in [0.25, 0.3) is 11.5 Å². The van der Waals surface area contributed by atoms with Crippen LogP contribution in [-0.4, -0.2) is 14.8 Å². The van der Waals surface area contributed by atoms with E-state index in [0.29, 0.717) is 11.6 Å². The van der Waals surface area contributed by atoms with Gasteiger partial charge in [-0.3, -0.25) is 4.79 Å². The van der Waals surface area contributed by atoms with Gasteiger partial charge < -0.3 is 8.98 Å². The molecule has 20 heavy (non-hydrogen) atoms. The van der Waals surface area contributed by atoms with Gasteiger partial charge in [0.1, 0.15) is 5.56 Å². The maximum Gasteiger partial charge on any atom is 0.284 e. The van der Waals surface area contributed by atoms with Gasteiger partial charge in [-0.05, 0) is 37.2 Å². The maximum absolute atomic E-state index is 12.7. The smallest absolute Gasteiger partial charge is 0.284 e. The van der Waals surface area contributed by atoms with Crippen molar-refractivity contribution in [3.05, 3.63) is 33.0 Å². The minimum atomic E-state index is -0.0772. The number of hydrogen-bond acceptors (Lipinski definition) is 4. The molecule has 0 spiro atoms. The van der Waals surface area contributed by atoms with Crippen molar-refractivity contribution in [3.8, 4) is 11.5 Å². The predicted octanol–water partition coefficient (Wildman–Crippen LogP) is 3.19. The molecule has 1 N–H and O–H groups in total. The summed E-state index contributed by atoms with van der Waals surface area (Å²) in [5.74, 6) is 0.259. The van der Waals surface area contributed by atoms with E-state index in [-0.39, 0.29) is 21.7 Å². The number of rotatable bonds is 2. The Morgan fingerprint density at radius 1 is 1.40 bits per heavy atom. The van der Waals surface area contributed by atoms with Gasteiger partial charge in [0.25, 0.3) is 16.3 Å². The second kappa shape index (κ2) is 4.41. The summed E-state index contributed by atoms with van der Waals surface area (Å²) in [6.45, 7) is 6.34. The molecule has 0 unspecified atom stereocenters. The van der Waals surface area contributed by atoms with E-state index in [1.165, 1.54) is 0 Å². The third kappa shape index (κ3) is 2.24. The lowest BCUT2D eigenvalue weighted by Crippen LogP contribution is -2.30. The fourth-order valence-electron chi connectivity index (χ4n) is 2.37. The number of aromatic amines is 1. The van der Waals surface area contributed by atoms with Crippen molar-refractivity contribution in [1.82, 2.24) is 14.8 Å². The summed E-state index contributed by atoms with van der Waals surface area (Å²) in [4.78, 5) is 12.9.